The van der Waals surface area contributed by atoms with Crippen LogP contribution in [0.1, 0.15) is 110 Å². The Morgan fingerprint density at radius 3 is 1.32 bits per heavy atom. The SMILES string of the molecule is CCCCCCCCCCCCCCCCCC(=O)O.O=[Si](O)OP(=O)(O)O. The van der Waals surface area contributed by atoms with Gasteiger partial charge in [0.15, 0.2) is 0 Å². The monoisotopic (exact) mass is 442 g/mol. The molecule has 0 heterocycles. The zero-order valence-corrected chi connectivity index (χ0v) is 19.1. The van der Waals surface area contributed by atoms with Gasteiger partial charge in [-0.05, 0) is 6.42 Å². The fourth-order valence-electron chi connectivity index (χ4n) is 2.75. The number of carboxylic acids is 1. The van der Waals surface area contributed by atoms with Gasteiger partial charge in [0.05, 0.1) is 0 Å². The van der Waals surface area contributed by atoms with E-state index in [1.54, 1.807) is 0 Å². The zero-order chi connectivity index (χ0) is 21.7. The number of hydrogen-bond donors (Lipinski definition) is 4. The Bertz CT molecular complexity index is 428. The van der Waals surface area contributed by atoms with Crippen molar-refractivity contribution >= 4 is 23.0 Å². The number of phosphoric acid groups is 1. The molecule has 168 valence electrons. The molecule has 4 N–H and O–H groups in total. The highest BCUT2D eigenvalue weighted by atomic mass is 31.2. The first-order chi connectivity index (χ1) is 13.2. The zero-order valence-electron chi connectivity index (χ0n) is 17.2. The summed E-state index contributed by atoms with van der Waals surface area (Å²) in [5, 5.41) is 8.52. The van der Waals surface area contributed by atoms with Gasteiger partial charge in [-0.15, -0.1) is 0 Å². The molecular formula is C18H39O8PSi. The maximum Gasteiger partial charge on any atom is 0.772 e. The van der Waals surface area contributed by atoms with E-state index in [1.165, 1.54) is 83.5 Å². The first kappa shape index (κ1) is 29.4. The van der Waals surface area contributed by atoms with Crippen LogP contribution < -0.4 is 0 Å². The van der Waals surface area contributed by atoms with Crippen LogP contribution in [-0.2, 0) is 18.0 Å². The van der Waals surface area contributed by atoms with E-state index >= 15 is 0 Å². The Balaban J connectivity index is 0. The van der Waals surface area contributed by atoms with Crippen LogP contribution in [0.2, 0.25) is 0 Å². The fourth-order valence-corrected chi connectivity index (χ4v) is 3.56. The maximum atomic E-state index is 10.3. The summed E-state index contributed by atoms with van der Waals surface area (Å²) in [6.45, 7) is 2.27. The third-order valence-electron chi connectivity index (χ3n) is 4.19. The number of carbonyl (C=O) groups is 1. The van der Waals surface area contributed by atoms with Crippen molar-refractivity contribution < 1.29 is 37.7 Å². The lowest BCUT2D eigenvalue weighted by Gasteiger charge is -2.03. The number of hydrogen-bond acceptors (Lipinski definition) is 4. The number of unbranched alkanes of at least 4 members (excludes halogenated alkanes) is 14. The second-order valence-corrected chi connectivity index (χ2v) is 9.18. The molecule has 0 rings (SSSR count). The van der Waals surface area contributed by atoms with Crippen LogP contribution in [0.4, 0.5) is 0 Å². The van der Waals surface area contributed by atoms with Crippen LogP contribution in [0.15, 0.2) is 0 Å². The van der Waals surface area contributed by atoms with Crippen LogP contribution >= 0.6 is 7.82 Å². The minimum atomic E-state index is -4.74. The molecule has 28 heavy (non-hydrogen) atoms. The predicted octanol–water partition coefficient (Wildman–Crippen LogP) is 4.84. The average molecular weight is 443 g/mol. The van der Waals surface area contributed by atoms with Crippen molar-refractivity contribution in [3.8, 4) is 0 Å². The predicted molar refractivity (Wildman–Crippen MR) is 109 cm³/mol. The van der Waals surface area contributed by atoms with E-state index in [4.69, 9.17) is 19.7 Å². The van der Waals surface area contributed by atoms with E-state index in [9.17, 15) is 13.8 Å². The van der Waals surface area contributed by atoms with E-state index in [2.05, 4.69) is 11.1 Å². The standard InChI is InChI=1S/C18H36O2.H3O6PSi/c1-2-3-4-5-6-7-8-9-10-11-12-13-14-15-16-17-18(19)20;1-7(2,3)6-8(4)5/h2-17H2,1H3,(H,19,20);4H,(H2,1,2,3). The lowest BCUT2D eigenvalue weighted by molar-refractivity contribution is -0.137. The maximum absolute atomic E-state index is 10.3. The summed E-state index contributed by atoms with van der Waals surface area (Å²) in [6.07, 6.45) is 20.2. The average Bonchev–Trinajstić information content (AvgIpc) is 2.56. The Hall–Kier alpha value is -0.763. The van der Waals surface area contributed by atoms with Crippen LogP contribution in [0.3, 0.4) is 0 Å². The van der Waals surface area contributed by atoms with Crippen molar-refractivity contribution in [2.45, 2.75) is 110 Å². The Morgan fingerprint density at radius 2 is 1.11 bits per heavy atom. The number of carboxylic acid groups (broad SMARTS) is 1. The quantitative estimate of drug-likeness (QED) is 0.134. The van der Waals surface area contributed by atoms with Crippen LogP contribution in [0.25, 0.3) is 0 Å². The molecule has 0 radical (unpaired) electrons. The Labute approximate surface area is 170 Å². The van der Waals surface area contributed by atoms with Crippen LogP contribution in [0.5, 0.6) is 0 Å². The van der Waals surface area contributed by atoms with Gasteiger partial charge in [-0.25, -0.2) is 4.57 Å². The minimum absolute atomic E-state index is 0.345. The normalized spacial score (nSPS) is 10.8. The molecule has 0 aliphatic heterocycles. The summed E-state index contributed by atoms with van der Waals surface area (Å²) in [7, 11) is -8.24. The fraction of sp³-hybridized carbons (Fsp3) is 0.944. The molecule has 0 unspecified atom stereocenters. The number of aliphatic carboxylic acids is 1. The van der Waals surface area contributed by atoms with Gasteiger partial charge in [0.1, 0.15) is 0 Å². The molecule has 10 heteroatoms. The van der Waals surface area contributed by atoms with Gasteiger partial charge in [0.2, 0.25) is 0 Å². The summed E-state index contributed by atoms with van der Waals surface area (Å²) in [6, 6.07) is 0. The molecule has 0 aromatic heterocycles. The number of rotatable bonds is 18. The second-order valence-electron chi connectivity index (χ2n) is 6.94. The van der Waals surface area contributed by atoms with E-state index in [1.807, 2.05) is 0 Å². The van der Waals surface area contributed by atoms with E-state index in [0.29, 0.717) is 6.42 Å². The van der Waals surface area contributed by atoms with Crippen molar-refractivity contribution in [3.63, 3.8) is 0 Å². The first-order valence-corrected chi connectivity index (χ1v) is 13.2. The molecule has 0 aromatic carbocycles. The van der Waals surface area contributed by atoms with Crippen molar-refractivity contribution in [2.75, 3.05) is 0 Å². The first-order valence-electron chi connectivity index (χ1n) is 10.4. The van der Waals surface area contributed by atoms with Crippen molar-refractivity contribution in [1.82, 2.24) is 0 Å². The van der Waals surface area contributed by atoms with Gasteiger partial charge in [-0.3, -0.25) is 19.0 Å². The molecule has 0 aromatic rings. The third-order valence-corrected chi connectivity index (χ3v) is 5.77. The molecule has 0 atom stereocenters. The van der Waals surface area contributed by atoms with Crippen molar-refractivity contribution in [3.05, 3.63) is 0 Å². The molecule has 0 saturated heterocycles. The highest BCUT2D eigenvalue weighted by Crippen LogP contribution is 2.34. The molecule has 0 fully saturated rings. The van der Waals surface area contributed by atoms with E-state index in [0.717, 1.165) is 12.8 Å². The summed E-state index contributed by atoms with van der Waals surface area (Å²) >= 11 is 0. The largest absolute Gasteiger partial charge is 0.772 e. The van der Waals surface area contributed by atoms with Gasteiger partial charge in [-0.1, -0.05) is 96.8 Å². The lowest BCUT2D eigenvalue weighted by atomic mass is 10.0. The van der Waals surface area contributed by atoms with Gasteiger partial charge in [0.25, 0.3) is 0 Å². The third kappa shape index (κ3) is 32.9. The molecule has 8 nitrogen and oxygen atoms in total. The molecule has 0 aliphatic rings. The highest BCUT2D eigenvalue weighted by molar-refractivity contribution is 7.47. The Morgan fingerprint density at radius 1 is 0.786 bits per heavy atom. The molecular weight excluding hydrogens is 403 g/mol. The molecule has 0 bridgehead atoms. The smallest absolute Gasteiger partial charge is 0.511 e. The van der Waals surface area contributed by atoms with E-state index in [-0.39, 0.29) is 0 Å². The van der Waals surface area contributed by atoms with Gasteiger partial charge in [-0.2, -0.15) is 0 Å². The van der Waals surface area contributed by atoms with E-state index < -0.39 is 23.0 Å². The molecule has 0 aliphatic carbocycles. The Kier molecular flexibility index (Phi) is 22.0. The minimum Gasteiger partial charge on any atom is -0.511 e. The summed E-state index contributed by atoms with van der Waals surface area (Å²) < 4.78 is 22.3. The van der Waals surface area contributed by atoms with Crippen molar-refractivity contribution in [2.24, 2.45) is 0 Å². The van der Waals surface area contributed by atoms with Crippen molar-refractivity contribution in [1.29, 1.82) is 0 Å². The summed E-state index contributed by atoms with van der Waals surface area (Å²) in [4.78, 5) is 33.5. The summed E-state index contributed by atoms with van der Waals surface area (Å²) in [5.74, 6) is -0.653. The summed E-state index contributed by atoms with van der Waals surface area (Å²) in [5.41, 5.74) is 0. The van der Waals surface area contributed by atoms with Gasteiger partial charge < -0.3 is 14.1 Å². The molecule has 0 amide bonds. The topological polar surface area (TPSA) is 141 Å². The highest BCUT2D eigenvalue weighted by Gasteiger charge is 2.21. The van der Waals surface area contributed by atoms with Crippen LogP contribution in [-0.4, -0.2) is 34.8 Å². The second kappa shape index (κ2) is 21.0. The molecule has 0 saturated carbocycles. The van der Waals surface area contributed by atoms with Crippen LogP contribution in [0, 0.1) is 0 Å². The van der Waals surface area contributed by atoms with Gasteiger partial charge >= 0.3 is 23.0 Å². The lowest BCUT2D eigenvalue weighted by Crippen LogP contribution is -2.01. The van der Waals surface area contributed by atoms with Gasteiger partial charge in [0, 0.05) is 6.42 Å². The molecule has 0 spiro atoms.